The number of nitrogens with one attached hydrogen (secondary N) is 1. The van der Waals surface area contributed by atoms with Crippen molar-refractivity contribution in [3.05, 3.63) is 58.5 Å². The molecule has 0 aliphatic rings. The maximum atomic E-state index is 12.8. The van der Waals surface area contributed by atoms with Crippen LogP contribution in [-0.4, -0.2) is 23.3 Å². The Bertz CT molecular complexity index is 925. The molecule has 3 aromatic rings. The van der Waals surface area contributed by atoms with E-state index in [0.717, 1.165) is 12.1 Å². The standard InChI is InChI=1S/C17H15F3N2O2/c1-24-8-7-22-15-6-5-12(10-14(15)21-16(22)23)11-3-2-4-13(9-11)17(18,19)20/h2-6,9-10H,7-8H2,1H3,(H,21,23). The summed E-state index contributed by atoms with van der Waals surface area (Å²) in [5.74, 6) is 0. The molecule has 1 aromatic heterocycles. The number of halogens is 3. The lowest BCUT2D eigenvalue weighted by molar-refractivity contribution is -0.137. The lowest BCUT2D eigenvalue weighted by Crippen LogP contribution is -2.18. The second-order valence-electron chi connectivity index (χ2n) is 5.39. The van der Waals surface area contributed by atoms with Crippen LogP contribution in [0, 0.1) is 0 Å². The van der Waals surface area contributed by atoms with Crippen LogP contribution in [0.25, 0.3) is 22.2 Å². The van der Waals surface area contributed by atoms with Gasteiger partial charge in [0.05, 0.1) is 29.7 Å². The SMILES string of the molecule is COCCn1c(=O)[nH]c2cc(-c3cccc(C(F)(F)F)c3)ccc21. The van der Waals surface area contributed by atoms with Crippen LogP contribution in [0.5, 0.6) is 0 Å². The Labute approximate surface area is 135 Å². The molecule has 0 aliphatic heterocycles. The van der Waals surface area contributed by atoms with Crippen LogP contribution in [0.4, 0.5) is 13.2 Å². The molecule has 2 aromatic carbocycles. The molecule has 1 heterocycles. The van der Waals surface area contributed by atoms with Gasteiger partial charge in [-0.05, 0) is 35.4 Å². The third-order valence-corrected chi connectivity index (χ3v) is 3.82. The van der Waals surface area contributed by atoms with Gasteiger partial charge >= 0.3 is 11.9 Å². The Morgan fingerprint density at radius 1 is 1.12 bits per heavy atom. The van der Waals surface area contributed by atoms with Crippen molar-refractivity contribution >= 4 is 11.0 Å². The fourth-order valence-electron chi connectivity index (χ4n) is 2.62. The molecule has 0 aliphatic carbocycles. The molecule has 0 atom stereocenters. The van der Waals surface area contributed by atoms with Crippen LogP contribution in [0.15, 0.2) is 47.3 Å². The van der Waals surface area contributed by atoms with E-state index in [1.54, 1.807) is 31.4 Å². The molecule has 0 saturated carbocycles. The van der Waals surface area contributed by atoms with Gasteiger partial charge in [0.25, 0.3) is 0 Å². The number of nitrogens with zero attached hydrogens (tertiary/aromatic N) is 1. The van der Waals surface area contributed by atoms with Crippen LogP contribution in [0.2, 0.25) is 0 Å². The van der Waals surface area contributed by atoms with Gasteiger partial charge in [0, 0.05) is 7.11 Å². The van der Waals surface area contributed by atoms with Crippen molar-refractivity contribution in [2.45, 2.75) is 12.7 Å². The minimum absolute atomic E-state index is 0.275. The molecule has 0 bridgehead atoms. The van der Waals surface area contributed by atoms with Gasteiger partial charge in [0.1, 0.15) is 0 Å². The van der Waals surface area contributed by atoms with Gasteiger partial charge in [0.2, 0.25) is 0 Å². The van der Waals surface area contributed by atoms with E-state index in [9.17, 15) is 18.0 Å². The first-order valence-electron chi connectivity index (χ1n) is 7.29. The second kappa shape index (κ2) is 6.16. The average molecular weight is 336 g/mol. The number of hydrogen-bond acceptors (Lipinski definition) is 2. The minimum atomic E-state index is -4.39. The molecule has 0 radical (unpaired) electrons. The molecular weight excluding hydrogens is 321 g/mol. The maximum Gasteiger partial charge on any atom is 0.416 e. The van der Waals surface area contributed by atoms with Gasteiger partial charge in [-0.25, -0.2) is 4.79 Å². The molecule has 126 valence electrons. The van der Waals surface area contributed by atoms with Crippen LogP contribution < -0.4 is 5.69 Å². The fourth-order valence-corrected chi connectivity index (χ4v) is 2.62. The average Bonchev–Trinajstić information content (AvgIpc) is 2.86. The smallest absolute Gasteiger partial charge is 0.383 e. The first kappa shape index (κ1) is 16.3. The van der Waals surface area contributed by atoms with E-state index in [1.165, 1.54) is 10.6 Å². The number of aromatic amines is 1. The Morgan fingerprint density at radius 2 is 1.88 bits per heavy atom. The number of ether oxygens (including phenoxy) is 1. The molecule has 0 fully saturated rings. The topological polar surface area (TPSA) is 47.0 Å². The van der Waals surface area contributed by atoms with E-state index in [4.69, 9.17) is 4.74 Å². The number of methoxy groups -OCH3 is 1. The highest BCUT2D eigenvalue weighted by atomic mass is 19.4. The van der Waals surface area contributed by atoms with Crippen molar-refractivity contribution in [3.63, 3.8) is 0 Å². The minimum Gasteiger partial charge on any atom is -0.383 e. The lowest BCUT2D eigenvalue weighted by atomic mass is 10.0. The third-order valence-electron chi connectivity index (χ3n) is 3.82. The van der Waals surface area contributed by atoms with E-state index < -0.39 is 11.7 Å². The van der Waals surface area contributed by atoms with Crippen molar-refractivity contribution < 1.29 is 17.9 Å². The fraction of sp³-hybridized carbons (Fsp3) is 0.235. The Morgan fingerprint density at radius 3 is 2.58 bits per heavy atom. The van der Waals surface area contributed by atoms with Crippen LogP contribution in [-0.2, 0) is 17.5 Å². The number of benzene rings is 2. The number of fused-ring (bicyclic) bond motifs is 1. The molecule has 3 rings (SSSR count). The van der Waals surface area contributed by atoms with Gasteiger partial charge in [-0.1, -0.05) is 18.2 Å². The van der Waals surface area contributed by atoms with Crippen LogP contribution in [0.1, 0.15) is 5.56 Å². The van der Waals surface area contributed by atoms with Gasteiger partial charge in [-0.2, -0.15) is 13.2 Å². The number of H-pyrrole nitrogens is 1. The first-order chi connectivity index (χ1) is 11.4. The van der Waals surface area contributed by atoms with E-state index >= 15 is 0 Å². The predicted molar refractivity (Wildman–Crippen MR) is 84.9 cm³/mol. The van der Waals surface area contributed by atoms with Crippen LogP contribution in [0.3, 0.4) is 0 Å². The quantitative estimate of drug-likeness (QED) is 0.790. The molecule has 0 saturated heterocycles. The normalized spacial score (nSPS) is 12.0. The summed E-state index contributed by atoms with van der Waals surface area (Å²) in [6.07, 6.45) is -4.39. The highest BCUT2D eigenvalue weighted by molar-refractivity contribution is 5.82. The summed E-state index contributed by atoms with van der Waals surface area (Å²) in [4.78, 5) is 14.7. The highest BCUT2D eigenvalue weighted by Gasteiger charge is 2.30. The molecular formula is C17H15F3N2O2. The zero-order valence-corrected chi connectivity index (χ0v) is 12.9. The van der Waals surface area contributed by atoms with Crippen LogP contribution >= 0.6 is 0 Å². The zero-order valence-electron chi connectivity index (χ0n) is 12.9. The summed E-state index contributed by atoms with van der Waals surface area (Å²) in [5.41, 5.74) is 1.33. The van der Waals surface area contributed by atoms with Crippen molar-refractivity contribution in [1.29, 1.82) is 0 Å². The monoisotopic (exact) mass is 336 g/mol. The summed E-state index contributed by atoms with van der Waals surface area (Å²) in [6.45, 7) is 0.792. The largest absolute Gasteiger partial charge is 0.416 e. The van der Waals surface area contributed by atoms with Crippen molar-refractivity contribution in [2.75, 3.05) is 13.7 Å². The van der Waals surface area contributed by atoms with E-state index in [1.807, 2.05) is 0 Å². The molecule has 7 heteroatoms. The van der Waals surface area contributed by atoms with Crippen molar-refractivity contribution in [1.82, 2.24) is 9.55 Å². The number of aromatic nitrogens is 2. The zero-order chi connectivity index (χ0) is 17.3. The summed E-state index contributed by atoms with van der Waals surface area (Å²) in [7, 11) is 1.55. The van der Waals surface area contributed by atoms with Gasteiger partial charge in [-0.15, -0.1) is 0 Å². The highest BCUT2D eigenvalue weighted by Crippen LogP contribution is 2.32. The van der Waals surface area contributed by atoms with Gasteiger partial charge < -0.3 is 9.72 Å². The molecule has 0 unspecified atom stereocenters. The second-order valence-corrected chi connectivity index (χ2v) is 5.39. The molecule has 0 spiro atoms. The first-order valence-corrected chi connectivity index (χ1v) is 7.29. The summed E-state index contributed by atoms with van der Waals surface area (Å²) < 4.78 is 45.1. The summed E-state index contributed by atoms with van der Waals surface area (Å²) in [5, 5.41) is 0. The Kier molecular flexibility index (Phi) is 4.19. The van der Waals surface area contributed by atoms with E-state index in [-0.39, 0.29) is 5.69 Å². The van der Waals surface area contributed by atoms with Gasteiger partial charge in [-0.3, -0.25) is 4.57 Å². The number of hydrogen-bond donors (Lipinski definition) is 1. The number of rotatable bonds is 4. The maximum absolute atomic E-state index is 12.8. The molecule has 1 N–H and O–H groups in total. The third kappa shape index (κ3) is 3.07. The van der Waals surface area contributed by atoms with Gasteiger partial charge in [0.15, 0.2) is 0 Å². The summed E-state index contributed by atoms with van der Waals surface area (Å²) in [6, 6.07) is 10.2. The van der Waals surface area contributed by atoms with Crippen molar-refractivity contribution in [2.24, 2.45) is 0 Å². The van der Waals surface area contributed by atoms with E-state index in [2.05, 4.69) is 4.98 Å². The Hall–Kier alpha value is -2.54. The molecule has 24 heavy (non-hydrogen) atoms. The lowest BCUT2D eigenvalue weighted by Gasteiger charge is -2.09. The Balaban J connectivity index is 2.05. The van der Waals surface area contributed by atoms with Crippen molar-refractivity contribution in [3.8, 4) is 11.1 Å². The molecule has 0 amide bonds. The summed E-state index contributed by atoms with van der Waals surface area (Å²) >= 11 is 0. The van der Waals surface area contributed by atoms with E-state index in [0.29, 0.717) is 35.3 Å². The predicted octanol–water partition coefficient (Wildman–Crippen LogP) is 3.66. The molecule has 4 nitrogen and oxygen atoms in total. The number of alkyl halides is 3. The number of imidazole rings is 1.